The number of nitrogens with zero attached hydrogens (tertiary/aromatic N) is 2. The van der Waals surface area contributed by atoms with Crippen LogP contribution in [0, 0.1) is 0 Å². The molecule has 0 amide bonds. The van der Waals surface area contributed by atoms with Crippen LogP contribution in [0.5, 0.6) is 5.88 Å². The van der Waals surface area contributed by atoms with Crippen LogP contribution in [-0.2, 0) is 11.3 Å². The molecule has 2 heterocycles. The summed E-state index contributed by atoms with van der Waals surface area (Å²) in [6.45, 7) is 1.25. The Hall–Kier alpha value is -1.20. The van der Waals surface area contributed by atoms with E-state index in [2.05, 4.69) is 10.2 Å². The molecule has 1 atom stereocenters. The van der Waals surface area contributed by atoms with Crippen molar-refractivity contribution < 1.29 is 14.6 Å². The molecule has 1 aliphatic heterocycles. The summed E-state index contributed by atoms with van der Waals surface area (Å²) < 4.78 is 10.8. The molecule has 0 aromatic carbocycles. The minimum Gasteiger partial charge on any atom is -0.474 e. The number of rotatable bonds is 4. The molecular weight excluding hydrogens is 196 g/mol. The predicted octanol–water partition coefficient (Wildman–Crippen LogP) is 0.527. The quantitative estimate of drug-likeness (QED) is 0.785. The van der Waals surface area contributed by atoms with Gasteiger partial charge in [-0.3, -0.25) is 0 Å². The smallest absolute Gasteiger partial charge is 0.233 e. The van der Waals surface area contributed by atoms with Crippen molar-refractivity contribution in [2.75, 3.05) is 13.2 Å². The normalized spacial score (nSPS) is 20.5. The molecule has 82 valence electrons. The van der Waals surface area contributed by atoms with Crippen LogP contribution >= 0.6 is 0 Å². The van der Waals surface area contributed by atoms with E-state index in [0.717, 1.165) is 19.4 Å². The van der Waals surface area contributed by atoms with Gasteiger partial charge in [0.2, 0.25) is 5.88 Å². The molecule has 1 N–H and O–H groups in total. The van der Waals surface area contributed by atoms with E-state index in [1.54, 1.807) is 12.1 Å². The summed E-state index contributed by atoms with van der Waals surface area (Å²) in [5, 5.41) is 16.4. The van der Waals surface area contributed by atoms with Crippen molar-refractivity contribution in [1.82, 2.24) is 10.2 Å². The zero-order valence-electron chi connectivity index (χ0n) is 8.43. The van der Waals surface area contributed by atoms with E-state index in [1.807, 2.05) is 0 Å². The van der Waals surface area contributed by atoms with Gasteiger partial charge in [0.1, 0.15) is 6.61 Å². The standard InChI is InChI=1S/C10H14N2O3/c13-6-8-3-4-10(12-11-8)15-7-9-2-1-5-14-9/h3-4,9,13H,1-2,5-7H2. The molecule has 0 spiro atoms. The lowest BCUT2D eigenvalue weighted by Gasteiger charge is -2.09. The van der Waals surface area contributed by atoms with Crippen molar-refractivity contribution >= 4 is 0 Å². The SMILES string of the molecule is OCc1ccc(OCC2CCCO2)nn1. The molecule has 0 saturated carbocycles. The fraction of sp³-hybridized carbons (Fsp3) is 0.600. The highest BCUT2D eigenvalue weighted by Gasteiger charge is 2.16. The number of hydrogen-bond acceptors (Lipinski definition) is 5. The molecule has 1 aliphatic rings. The van der Waals surface area contributed by atoms with E-state index < -0.39 is 0 Å². The van der Waals surface area contributed by atoms with Gasteiger partial charge in [0.25, 0.3) is 0 Å². The molecule has 0 radical (unpaired) electrons. The topological polar surface area (TPSA) is 64.5 Å². The summed E-state index contributed by atoms with van der Waals surface area (Å²) in [7, 11) is 0. The molecule has 1 aromatic rings. The Morgan fingerprint density at radius 2 is 2.40 bits per heavy atom. The monoisotopic (exact) mass is 210 g/mol. The van der Waals surface area contributed by atoms with Crippen molar-refractivity contribution in [2.24, 2.45) is 0 Å². The maximum absolute atomic E-state index is 8.77. The van der Waals surface area contributed by atoms with Crippen LogP contribution in [0.3, 0.4) is 0 Å². The van der Waals surface area contributed by atoms with Gasteiger partial charge in [-0.15, -0.1) is 10.2 Å². The van der Waals surface area contributed by atoms with E-state index in [1.165, 1.54) is 0 Å². The summed E-state index contributed by atoms with van der Waals surface area (Å²) in [6, 6.07) is 3.39. The molecule has 1 unspecified atom stereocenters. The van der Waals surface area contributed by atoms with Gasteiger partial charge < -0.3 is 14.6 Å². The average molecular weight is 210 g/mol. The second-order valence-corrected chi connectivity index (χ2v) is 3.47. The molecule has 2 rings (SSSR count). The fourth-order valence-electron chi connectivity index (χ4n) is 1.46. The third-order valence-electron chi connectivity index (χ3n) is 2.30. The Morgan fingerprint density at radius 1 is 1.47 bits per heavy atom. The van der Waals surface area contributed by atoms with E-state index in [9.17, 15) is 0 Å². The highest BCUT2D eigenvalue weighted by atomic mass is 16.5. The van der Waals surface area contributed by atoms with E-state index in [-0.39, 0.29) is 12.7 Å². The first kappa shape index (κ1) is 10.3. The van der Waals surface area contributed by atoms with Crippen LogP contribution in [0.25, 0.3) is 0 Å². The van der Waals surface area contributed by atoms with Gasteiger partial charge in [-0.25, -0.2) is 0 Å². The molecule has 1 fully saturated rings. The minimum atomic E-state index is -0.0982. The maximum Gasteiger partial charge on any atom is 0.233 e. The van der Waals surface area contributed by atoms with Crippen LogP contribution in [-0.4, -0.2) is 34.6 Å². The number of ether oxygens (including phenoxy) is 2. The van der Waals surface area contributed by atoms with Gasteiger partial charge in [0.05, 0.1) is 18.4 Å². The zero-order valence-corrected chi connectivity index (χ0v) is 8.43. The predicted molar refractivity (Wildman–Crippen MR) is 52.4 cm³/mol. The number of aromatic nitrogens is 2. The lowest BCUT2D eigenvalue weighted by Crippen LogP contribution is -2.16. The Morgan fingerprint density at radius 3 is 3.00 bits per heavy atom. The van der Waals surface area contributed by atoms with Gasteiger partial charge in [-0.2, -0.15) is 0 Å². The Labute approximate surface area is 88.0 Å². The number of aliphatic hydroxyl groups is 1. The Kier molecular flexibility index (Phi) is 3.47. The third kappa shape index (κ3) is 2.87. The molecule has 1 saturated heterocycles. The van der Waals surface area contributed by atoms with E-state index in [4.69, 9.17) is 14.6 Å². The van der Waals surface area contributed by atoms with Gasteiger partial charge >= 0.3 is 0 Å². The van der Waals surface area contributed by atoms with Crippen molar-refractivity contribution in [3.05, 3.63) is 17.8 Å². The van der Waals surface area contributed by atoms with E-state index in [0.29, 0.717) is 18.2 Å². The summed E-state index contributed by atoms with van der Waals surface area (Å²) in [6.07, 6.45) is 2.33. The van der Waals surface area contributed by atoms with Gasteiger partial charge in [0.15, 0.2) is 0 Å². The van der Waals surface area contributed by atoms with Crippen LogP contribution in [0.15, 0.2) is 12.1 Å². The first-order valence-corrected chi connectivity index (χ1v) is 5.06. The van der Waals surface area contributed by atoms with Crippen LogP contribution in [0.1, 0.15) is 18.5 Å². The summed E-state index contributed by atoms with van der Waals surface area (Å²) in [4.78, 5) is 0. The molecular formula is C10H14N2O3. The fourth-order valence-corrected chi connectivity index (χ4v) is 1.46. The molecule has 15 heavy (non-hydrogen) atoms. The summed E-state index contributed by atoms with van der Waals surface area (Å²) in [5.74, 6) is 0.475. The third-order valence-corrected chi connectivity index (χ3v) is 2.30. The molecule has 0 bridgehead atoms. The van der Waals surface area contributed by atoms with E-state index >= 15 is 0 Å². The first-order chi connectivity index (χ1) is 7.38. The summed E-state index contributed by atoms with van der Waals surface area (Å²) >= 11 is 0. The van der Waals surface area contributed by atoms with Gasteiger partial charge in [-0.1, -0.05) is 0 Å². The van der Waals surface area contributed by atoms with Crippen molar-refractivity contribution in [2.45, 2.75) is 25.6 Å². The average Bonchev–Trinajstić information content (AvgIpc) is 2.80. The van der Waals surface area contributed by atoms with Gasteiger partial charge in [-0.05, 0) is 18.9 Å². The molecule has 1 aromatic heterocycles. The second kappa shape index (κ2) is 5.04. The Bertz CT molecular complexity index is 296. The molecule has 0 aliphatic carbocycles. The first-order valence-electron chi connectivity index (χ1n) is 5.06. The van der Waals surface area contributed by atoms with Crippen molar-refractivity contribution in [3.63, 3.8) is 0 Å². The largest absolute Gasteiger partial charge is 0.474 e. The van der Waals surface area contributed by atoms with Crippen LogP contribution in [0.2, 0.25) is 0 Å². The van der Waals surface area contributed by atoms with Gasteiger partial charge in [0, 0.05) is 12.7 Å². The number of aliphatic hydroxyl groups excluding tert-OH is 1. The summed E-state index contributed by atoms with van der Waals surface area (Å²) in [5.41, 5.74) is 0.541. The lowest BCUT2D eigenvalue weighted by molar-refractivity contribution is 0.0659. The highest BCUT2D eigenvalue weighted by molar-refractivity contribution is 5.10. The molecule has 5 nitrogen and oxygen atoms in total. The van der Waals surface area contributed by atoms with Crippen molar-refractivity contribution in [3.8, 4) is 5.88 Å². The lowest BCUT2D eigenvalue weighted by atomic mass is 10.2. The van der Waals surface area contributed by atoms with Crippen LogP contribution < -0.4 is 4.74 Å². The second-order valence-electron chi connectivity index (χ2n) is 3.47. The Balaban J connectivity index is 1.82. The highest BCUT2D eigenvalue weighted by Crippen LogP contribution is 2.13. The van der Waals surface area contributed by atoms with Crippen molar-refractivity contribution in [1.29, 1.82) is 0 Å². The minimum absolute atomic E-state index is 0.0982. The van der Waals surface area contributed by atoms with Crippen LogP contribution in [0.4, 0.5) is 0 Å². The zero-order chi connectivity index (χ0) is 10.5. The number of hydrogen-bond donors (Lipinski definition) is 1. The molecule has 5 heteroatoms. The maximum atomic E-state index is 8.77.